The number of likely N-dealkylation sites (N-methyl/N-ethyl adjacent to an activating group) is 7. The Balaban J connectivity index is 4.42. The zero-order chi connectivity index (χ0) is 73.5. The highest BCUT2D eigenvalue weighted by Crippen LogP contribution is 2.26. The molecule has 27 nitrogen and oxygen atoms in total. The molecule has 0 aromatic rings. The first-order valence-corrected chi connectivity index (χ1v) is 33.8. The van der Waals surface area contributed by atoms with E-state index in [1.165, 1.54) is 94.6 Å². The SMILES string of the molecule is C/C=C/C[C@@H](C)[C@@H](O)[C@H]1C(=O)N[C@@H](CC)C(=O)N(C)[C@H](C)C(=O)N(C)[C@@H]([C@@H](C)OCCCCOC(=O)N(C)C)C(=O)N[C@@H](C(C)C)C(=O)N(C)[C@H](CC(C)C)C(=O)N[C@@H](C)C(=O)N[C@@H](C)C(=O)N(C)[C@@H](CC(C)C)C(=O)N(C)[C@H](CC(C)C)C(=O)N(C)[C@@H](C(C)C)C(=O)N1C. The van der Waals surface area contributed by atoms with Crippen molar-refractivity contribution in [1.82, 2.24) is 60.5 Å². The molecule has 27 heteroatoms. The Bertz CT molecular complexity index is 2620. The third kappa shape index (κ3) is 24.6. The Hall–Kier alpha value is -6.90. The average molecular weight is 1350 g/mol. The summed E-state index contributed by atoms with van der Waals surface area (Å²) in [6, 6.07) is -14.5. The number of nitrogens with zero attached hydrogens (tertiary/aromatic N) is 8. The Morgan fingerprint density at radius 3 is 1.44 bits per heavy atom. The molecule has 1 fully saturated rings. The molecule has 0 spiro atoms. The minimum Gasteiger partial charge on any atom is -0.449 e. The van der Waals surface area contributed by atoms with Crippen LogP contribution in [0.15, 0.2) is 12.2 Å². The largest absolute Gasteiger partial charge is 0.449 e. The molecule has 0 radical (unpaired) electrons. The molecule has 1 aliphatic rings. The number of amides is 12. The predicted molar refractivity (Wildman–Crippen MR) is 363 cm³/mol. The second-order valence-corrected chi connectivity index (χ2v) is 28.1. The molecule has 0 aromatic heterocycles. The molecule has 1 saturated heterocycles. The van der Waals surface area contributed by atoms with E-state index in [1.54, 1.807) is 81.6 Å². The number of hydrogen-bond donors (Lipinski definition) is 5. The summed E-state index contributed by atoms with van der Waals surface area (Å²) in [5, 5.41) is 23.2. The van der Waals surface area contributed by atoms with Crippen LogP contribution in [0.1, 0.15) is 163 Å². The summed E-state index contributed by atoms with van der Waals surface area (Å²) in [6.07, 6.45) is 1.78. The van der Waals surface area contributed by atoms with Gasteiger partial charge in [-0.2, -0.15) is 0 Å². The fourth-order valence-electron chi connectivity index (χ4n) is 11.5. The summed E-state index contributed by atoms with van der Waals surface area (Å²) in [4.78, 5) is 185. The molecular weight excluding hydrogens is 1220 g/mol. The average Bonchev–Trinajstić information content (AvgIpc) is 0.812. The number of nitrogens with one attached hydrogen (secondary N) is 4. The van der Waals surface area contributed by atoms with Crippen molar-refractivity contribution in [1.29, 1.82) is 0 Å². The van der Waals surface area contributed by atoms with E-state index in [-0.39, 0.29) is 63.1 Å². The van der Waals surface area contributed by atoms with Gasteiger partial charge in [-0.15, -0.1) is 0 Å². The fraction of sp³-hybridized carbons (Fsp3) is 0.794. The summed E-state index contributed by atoms with van der Waals surface area (Å²) < 4.78 is 11.5. The van der Waals surface area contributed by atoms with Gasteiger partial charge < -0.3 is 75.0 Å². The molecule has 0 unspecified atom stereocenters. The maximum Gasteiger partial charge on any atom is 0.409 e. The molecule has 0 saturated carbocycles. The van der Waals surface area contributed by atoms with Crippen LogP contribution in [0.25, 0.3) is 0 Å². The van der Waals surface area contributed by atoms with Crippen LogP contribution >= 0.6 is 0 Å². The van der Waals surface area contributed by atoms with Crippen molar-refractivity contribution in [2.24, 2.45) is 35.5 Å². The van der Waals surface area contributed by atoms with E-state index in [0.29, 0.717) is 12.8 Å². The normalized spacial score (nSPS) is 26.3. The standard InChI is InChI=1S/C68H122N12O15/c1-27-29-32-43(13)56(81)55-60(85)71-48(28-2)63(88)74(20)46(16)62(87)79(25)54(47(17)94-33-30-31-34-95-68(93)73(18)19)59(84)72-52(41(9)10)66(91)75(21)49(35-38(3)4)58(83)69-44(14)57(82)70-45(15)61(86)76(22)50(36-39(5)6)64(89)77(23)51(37-40(7)8)65(90)78(24)53(42(11)12)67(92)80(55)26/h27,29,38-56,81H,28,30-37H2,1-26H3,(H,69,83)(H,70,82)(H,71,85)(H,72,84)/b29-27+/t43-,44+,45+,46-,47-,48+,49-,50+,51-,52+,53+,54+,55+,56-/m1/s1. The van der Waals surface area contributed by atoms with Crippen LogP contribution < -0.4 is 21.3 Å². The van der Waals surface area contributed by atoms with Crippen LogP contribution in [0.5, 0.6) is 0 Å². The van der Waals surface area contributed by atoms with Gasteiger partial charge in [0.05, 0.1) is 18.8 Å². The van der Waals surface area contributed by atoms with E-state index >= 15 is 24.0 Å². The Morgan fingerprint density at radius 2 is 0.958 bits per heavy atom. The van der Waals surface area contributed by atoms with Gasteiger partial charge in [-0.1, -0.05) is 95.2 Å². The minimum atomic E-state index is -1.66. The predicted octanol–water partition coefficient (Wildman–Crippen LogP) is 3.49. The third-order valence-corrected chi connectivity index (χ3v) is 17.7. The topological polar surface area (TPSA) is 318 Å². The number of aliphatic hydroxyl groups is 1. The number of unbranched alkanes of at least 4 members (excludes halogenated alkanes) is 1. The van der Waals surface area contributed by atoms with Gasteiger partial charge >= 0.3 is 6.09 Å². The maximum atomic E-state index is 15.3. The number of hydrogen-bond acceptors (Lipinski definition) is 15. The van der Waals surface area contributed by atoms with Crippen LogP contribution in [0.2, 0.25) is 0 Å². The summed E-state index contributed by atoms with van der Waals surface area (Å²) in [7, 11) is 12.8. The van der Waals surface area contributed by atoms with Crippen molar-refractivity contribution in [3.8, 4) is 0 Å². The molecule has 1 heterocycles. The van der Waals surface area contributed by atoms with Gasteiger partial charge in [0.15, 0.2) is 0 Å². The van der Waals surface area contributed by atoms with E-state index in [1.807, 2.05) is 41.5 Å². The molecule has 0 bridgehead atoms. The van der Waals surface area contributed by atoms with Crippen LogP contribution in [0.3, 0.4) is 0 Å². The first-order chi connectivity index (χ1) is 44.0. The number of aliphatic hydroxyl groups excluding tert-OH is 1. The monoisotopic (exact) mass is 1350 g/mol. The quantitative estimate of drug-likeness (QED) is 0.0861. The molecule has 5 N–H and O–H groups in total. The first kappa shape index (κ1) is 86.1. The van der Waals surface area contributed by atoms with Gasteiger partial charge in [-0.25, -0.2) is 4.79 Å². The highest BCUT2D eigenvalue weighted by atomic mass is 16.6. The molecule has 544 valence electrons. The second-order valence-electron chi connectivity index (χ2n) is 28.1. The number of allylic oxidation sites excluding steroid dienone is 2. The van der Waals surface area contributed by atoms with Gasteiger partial charge in [-0.05, 0) is 115 Å². The number of ether oxygens (including phenoxy) is 2. The molecule has 0 aromatic carbocycles. The van der Waals surface area contributed by atoms with E-state index in [9.17, 15) is 38.7 Å². The van der Waals surface area contributed by atoms with E-state index in [0.717, 1.165) is 14.7 Å². The maximum absolute atomic E-state index is 15.3. The zero-order valence-electron chi connectivity index (χ0n) is 62.2. The van der Waals surface area contributed by atoms with Gasteiger partial charge in [0, 0.05) is 70.0 Å². The lowest BCUT2D eigenvalue weighted by Gasteiger charge is -2.41. The van der Waals surface area contributed by atoms with Gasteiger partial charge in [0.1, 0.15) is 66.5 Å². The third-order valence-electron chi connectivity index (χ3n) is 17.7. The number of rotatable bonds is 20. The summed E-state index contributed by atoms with van der Waals surface area (Å²) in [5.41, 5.74) is 0. The van der Waals surface area contributed by atoms with Gasteiger partial charge in [0.25, 0.3) is 0 Å². The molecule has 0 aliphatic carbocycles. The van der Waals surface area contributed by atoms with Crippen LogP contribution in [-0.2, 0) is 62.2 Å². The lowest BCUT2D eigenvalue weighted by molar-refractivity contribution is -0.157. The second kappa shape index (κ2) is 40.0. The minimum absolute atomic E-state index is 0.0341. The van der Waals surface area contributed by atoms with Crippen molar-refractivity contribution in [3.63, 3.8) is 0 Å². The molecule has 14 atom stereocenters. The Kier molecular flexibility index (Phi) is 36.2. The lowest BCUT2D eigenvalue weighted by atomic mass is 9.91. The molecular formula is C68H122N12O15. The molecule has 95 heavy (non-hydrogen) atoms. The zero-order valence-corrected chi connectivity index (χ0v) is 62.2. The van der Waals surface area contributed by atoms with E-state index in [2.05, 4.69) is 21.3 Å². The van der Waals surface area contributed by atoms with Gasteiger partial charge in [-0.3, -0.25) is 52.7 Å². The van der Waals surface area contributed by atoms with E-state index in [4.69, 9.17) is 9.47 Å². The number of carbonyl (C=O) groups excluding carboxylic acids is 12. The van der Waals surface area contributed by atoms with E-state index < -0.39 is 167 Å². The fourth-order valence-corrected chi connectivity index (χ4v) is 11.5. The van der Waals surface area contributed by atoms with Crippen molar-refractivity contribution >= 4 is 71.1 Å². The Morgan fingerprint density at radius 1 is 0.505 bits per heavy atom. The summed E-state index contributed by atoms with van der Waals surface area (Å²) in [6.45, 7) is 29.0. The lowest BCUT2D eigenvalue weighted by Crippen LogP contribution is -2.64. The molecule has 1 rings (SSSR count). The highest BCUT2D eigenvalue weighted by Gasteiger charge is 2.46. The number of carbonyl (C=O) groups is 12. The van der Waals surface area contributed by atoms with Crippen LogP contribution in [-0.4, -0.2) is 271 Å². The van der Waals surface area contributed by atoms with Crippen LogP contribution in [0.4, 0.5) is 4.79 Å². The molecule has 1 aliphatic heterocycles. The van der Waals surface area contributed by atoms with Crippen molar-refractivity contribution in [2.45, 2.75) is 241 Å². The van der Waals surface area contributed by atoms with Crippen molar-refractivity contribution in [2.75, 3.05) is 76.6 Å². The Labute approximate surface area is 567 Å². The first-order valence-electron chi connectivity index (χ1n) is 33.8. The highest BCUT2D eigenvalue weighted by molar-refractivity contribution is 6.00. The summed E-state index contributed by atoms with van der Waals surface area (Å²) >= 11 is 0. The van der Waals surface area contributed by atoms with Crippen molar-refractivity contribution < 1.29 is 72.1 Å². The van der Waals surface area contributed by atoms with Gasteiger partial charge in [0.2, 0.25) is 65.0 Å². The van der Waals surface area contributed by atoms with Crippen LogP contribution in [0, 0.1) is 35.5 Å². The smallest absolute Gasteiger partial charge is 0.409 e. The molecule has 12 amide bonds. The van der Waals surface area contributed by atoms with Crippen molar-refractivity contribution in [3.05, 3.63) is 12.2 Å². The summed E-state index contributed by atoms with van der Waals surface area (Å²) in [5.74, 6) is -10.5.